The van der Waals surface area contributed by atoms with Gasteiger partial charge in [-0.2, -0.15) is 5.10 Å². The van der Waals surface area contributed by atoms with Crippen molar-refractivity contribution >= 4 is 23.2 Å². The number of ether oxygens (including phenoxy) is 1. The molecule has 3 aromatic rings. The largest absolute Gasteiger partial charge is 0.457 e. The van der Waals surface area contributed by atoms with Crippen molar-refractivity contribution in [1.29, 1.82) is 0 Å². The molecule has 0 fully saturated rings. The lowest BCUT2D eigenvalue weighted by atomic mass is 9.91. The minimum atomic E-state index is -1.16. The lowest BCUT2D eigenvalue weighted by Gasteiger charge is -2.28. The molecule has 0 bridgehead atoms. The van der Waals surface area contributed by atoms with Crippen LogP contribution in [-0.2, 0) is 12.1 Å². The number of nitrogens with zero attached hydrogens (tertiary/aromatic N) is 3. The first-order valence-electron chi connectivity index (χ1n) is 8.21. The average Bonchev–Trinajstić information content (AvgIpc) is 3.01. The predicted molar refractivity (Wildman–Crippen MR) is 102 cm³/mol. The summed E-state index contributed by atoms with van der Waals surface area (Å²) in [6.45, 7) is 3.97. The van der Waals surface area contributed by atoms with Gasteiger partial charge in [0.1, 0.15) is 29.3 Å². The van der Waals surface area contributed by atoms with Crippen LogP contribution in [0.4, 0.5) is 0 Å². The molecule has 0 saturated heterocycles. The Balaban J connectivity index is 1.83. The Labute approximate surface area is 162 Å². The molecule has 2 aromatic carbocycles. The van der Waals surface area contributed by atoms with Gasteiger partial charge >= 0.3 is 0 Å². The van der Waals surface area contributed by atoms with Crippen LogP contribution in [0, 0.1) is 6.92 Å². The smallest absolute Gasteiger partial charge is 0.147 e. The van der Waals surface area contributed by atoms with Crippen LogP contribution >= 0.6 is 23.2 Å². The molecule has 136 valence electrons. The fourth-order valence-corrected chi connectivity index (χ4v) is 3.17. The number of benzene rings is 2. The summed E-state index contributed by atoms with van der Waals surface area (Å²) in [5.74, 6) is 1.89. The summed E-state index contributed by atoms with van der Waals surface area (Å²) in [6, 6.07) is 12.3. The molecular weight excluding hydrogens is 373 g/mol. The Hall–Kier alpha value is -2.08. The number of aliphatic hydroxyl groups is 1. The van der Waals surface area contributed by atoms with E-state index in [9.17, 15) is 5.11 Å². The molecule has 26 heavy (non-hydrogen) atoms. The van der Waals surface area contributed by atoms with Crippen LogP contribution in [0.25, 0.3) is 0 Å². The van der Waals surface area contributed by atoms with Crippen LogP contribution < -0.4 is 4.74 Å². The zero-order chi connectivity index (χ0) is 18.7. The van der Waals surface area contributed by atoms with Gasteiger partial charge in [0.2, 0.25) is 0 Å². The fraction of sp³-hybridized carbons (Fsp3) is 0.263. The number of aryl methyl sites for hydroxylation is 1. The predicted octanol–water partition coefficient (Wildman–Crippen LogP) is 4.98. The van der Waals surface area contributed by atoms with E-state index in [1.807, 2.05) is 6.92 Å². The summed E-state index contributed by atoms with van der Waals surface area (Å²) in [7, 11) is 0. The van der Waals surface area contributed by atoms with Crippen LogP contribution in [0.1, 0.15) is 24.7 Å². The van der Waals surface area contributed by atoms with Crippen molar-refractivity contribution in [3.05, 3.63) is 70.2 Å². The van der Waals surface area contributed by atoms with Crippen molar-refractivity contribution in [2.45, 2.75) is 32.4 Å². The van der Waals surface area contributed by atoms with Crippen molar-refractivity contribution in [3.8, 4) is 11.5 Å². The van der Waals surface area contributed by atoms with E-state index in [0.29, 0.717) is 39.4 Å². The van der Waals surface area contributed by atoms with E-state index in [2.05, 4.69) is 10.1 Å². The van der Waals surface area contributed by atoms with Gasteiger partial charge in [-0.3, -0.25) is 0 Å². The molecule has 0 spiro atoms. The number of hydrogen-bond donors (Lipinski definition) is 1. The molecule has 1 aromatic heterocycles. The van der Waals surface area contributed by atoms with Crippen molar-refractivity contribution in [1.82, 2.24) is 14.8 Å². The van der Waals surface area contributed by atoms with Gasteiger partial charge in [0.25, 0.3) is 0 Å². The van der Waals surface area contributed by atoms with E-state index in [-0.39, 0.29) is 6.54 Å². The Morgan fingerprint density at radius 1 is 1.12 bits per heavy atom. The molecule has 5 nitrogen and oxygen atoms in total. The number of hydrogen-bond acceptors (Lipinski definition) is 4. The number of aromatic nitrogens is 3. The maximum absolute atomic E-state index is 11.1. The fourth-order valence-electron chi connectivity index (χ4n) is 2.69. The summed E-state index contributed by atoms with van der Waals surface area (Å²) >= 11 is 12.3. The highest BCUT2D eigenvalue weighted by atomic mass is 35.5. The van der Waals surface area contributed by atoms with Crippen molar-refractivity contribution in [2.24, 2.45) is 0 Å². The third-order valence-corrected chi connectivity index (χ3v) is 4.72. The van der Waals surface area contributed by atoms with Gasteiger partial charge in [0.05, 0.1) is 11.6 Å². The summed E-state index contributed by atoms with van der Waals surface area (Å²) in [5.41, 5.74) is -0.533. The third kappa shape index (κ3) is 4.18. The van der Waals surface area contributed by atoms with Crippen molar-refractivity contribution in [2.75, 3.05) is 0 Å². The zero-order valence-electron chi connectivity index (χ0n) is 14.5. The van der Waals surface area contributed by atoms with Gasteiger partial charge in [-0.1, -0.05) is 36.2 Å². The SMILES string of the molecule is CCC(O)(Cn1cnc(C)n1)c1ccc(Oc2ccc(Cl)cc2)cc1Cl. The van der Waals surface area contributed by atoms with Gasteiger partial charge in [-0.25, -0.2) is 9.67 Å². The van der Waals surface area contributed by atoms with Gasteiger partial charge in [0.15, 0.2) is 0 Å². The quantitative estimate of drug-likeness (QED) is 0.643. The van der Waals surface area contributed by atoms with Crippen LogP contribution in [-0.4, -0.2) is 19.9 Å². The molecule has 7 heteroatoms. The van der Waals surface area contributed by atoms with Crippen molar-refractivity contribution < 1.29 is 9.84 Å². The Kier molecular flexibility index (Phi) is 5.51. The molecule has 1 atom stereocenters. The molecule has 0 radical (unpaired) electrons. The molecular formula is C19H19Cl2N3O2. The van der Waals surface area contributed by atoms with E-state index in [1.54, 1.807) is 60.4 Å². The molecule has 0 saturated carbocycles. The maximum Gasteiger partial charge on any atom is 0.147 e. The van der Waals surface area contributed by atoms with E-state index in [1.165, 1.54) is 0 Å². The summed E-state index contributed by atoms with van der Waals surface area (Å²) in [6.07, 6.45) is 2.07. The third-order valence-electron chi connectivity index (χ3n) is 4.15. The lowest BCUT2D eigenvalue weighted by molar-refractivity contribution is 0.0110. The molecule has 1 unspecified atom stereocenters. The van der Waals surface area contributed by atoms with E-state index in [0.717, 1.165) is 0 Å². The second kappa shape index (κ2) is 7.66. The second-order valence-electron chi connectivity index (χ2n) is 6.07. The highest BCUT2D eigenvalue weighted by Crippen LogP contribution is 2.36. The molecule has 1 N–H and O–H groups in total. The van der Waals surface area contributed by atoms with E-state index < -0.39 is 5.60 Å². The first-order chi connectivity index (χ1) is 12.4. The minimum Gasteiger partial charge on any atom is -0.457 e. The van der Waals surface area contributed by atoms with E-state index >= 15 is 0 Å². The minimum absolute atomic E-state index is 0.265. The normalized spacial score (nSPS) is 13.4. The van der Waals surface area contributed by atoms with Gasteiger partial charge in [-0.05, 0) is 49.7 Å². The monoisotopic (exact) mass is 391 g/mol. The van der Waals surface area contributed by atoms with Gasteiger partial charge in [-0.15, -0.1) is 0 Å². The molecule has 0 aliphatic carbocycles. The topological polar surface area (TPSA) is 60.2 Å². The number of halogens is 2. The van der Waals surface area contributed by atoms with Gasteiger partial charge < -0.3 is 9.84 Å². The molecule has 0 aliphatic heterocycles. The van der Waals surface area contributed by atoms with Crippen LogP contribution in [0.5, 0.6) is 11.5 Å². The molecule has 0 amide bonds. The Morgan fingerprint density at radius 2 is 1.81 bits per heavy atom. The molecule has 1 heterocycles. The summed E-state index contributed by atoms with van der Waals surface area (Å²) in [4.78, 5) is 4.10. The first-order valence-corrected chi connectivity index (χ1v) is 8.97. The highest BCUT2D eigenvalue weighted by Gasteiger charge is 2.31. The summed E-state index contributed by atoms with van der Waals surface area (Å²) in [5, 5.41) is 16.4. The molecule has 3 rings (SSSR count). The second-order valence-corrected chi connectivity index (χ2v) is 6.92. The number of rotatable bonds is 6. The zero-order valence-corrected chi connectivity index (χ0v) is 16.0. The highest BCUT2D eigenvalue weighted by molar-refractivity contribution is 6.31. The average molecular weight is 392 g/mol. The first kappa shape index (κ1) is 18.7. The van der Waals surface area contributed by atoms with Crippen LogP contribution in [0.3, 0.4) is 0 Å². The standard InChI is InChI=1S/C19H19Cl2N3O2/c1-3-19(25,11-24-12-22-13(2)23-24)17-9-8-16(10-18(17)21)26-15-6-4-14(20)5-7-15/h4-10,12,25H,3,11H2,1-2H3. The van der Waals surface area contributed by atoms with Crippen molar-refractivity contribution in [3.63, 3.8) is 0 Å². The van der Waals surface area contributed by atoms with Crippen LogP contribution in [0.2, 0.25) is 10.0 Å². The maximum atomic E-state index is 11.1. The Morgan fingerprint density at radius 3 is 2.38 bits per heavy atom. The van der Waals surface area contributed by atoms with E-state index in [4.69, 9.17) is 27.9 Å². The lowest BCUT2D eigenvalue weighted by Crippen LogP contribution is -2.31. The Bertz CT molecular complexity index is 896. The van der Waals surface area contributed by atoms with Gasteiger partial charge in [0, 0.05) is 10.6 Å². The van der Waals surface area contributed by atoms with Crippen LogP contribution in [0.15, 0.2) is 48.8 Å². The summed E-state index contributed by atoms with van der Waals surface area (Å²) < 4.78 is 7.40. The molecule has 0 aliphatic rings.